The highest BCUT2D eigenvalue weighted by Crippen LogP contribution is 2.34. The minimum Gasteiger partial charge on any atom is -0.444 e. The highest BCUT2D eigenvalue weighted by atomic mass is 16.6. The van der Waals surface area contributed by atoms with E-state index in [9.17, 15) is 19.5 Å². The molecule has 3 amide bonds. The summed E-state index contributed by atoms with van der Waals surface area (Å²) in [4.78, 5) is 55.2. The molecule has 0 unspecified atom stereocenters. The standard InChI is InChI=1S/C32H42N6O6/c1-19-33-24-13-9-11-22-23-12-10-14-26(34-23)38(30(42)44-32(5,6)7)20-15-25(37(16-20)29(41)43-31(2,3)4)28(40)35(8)17-21(39)18-36(19)27(22)24/h9-14,20-21,25,39H,15-18H2,1-8H3/t20-,21+,25-/m0/s1. The van der Waals surface area contributed by atoms with E-state index in [4.69, 9.17) is 19.4 Å². The smallest absolute Gasteiger partial charge is 0.416 e. The molecule has 0 radical (unpaired) electrons. The Hall–Kier alpha value is -4.19. The Balaban J connectivity index is 1.69. The van der Waals surface area contributed by atoms with E-state index in [-0.39, 0.29) is 32.0 Å². The normalized spacial score (nSPS) is 21.2. The number of imidazole rings is 1. The first-order valence-corrected chi connectivity index (χ1v) is 14.9. The van der Waals surface area contributed by atoms with E-state index in [1.54, 1.807) is 54.7 Å². The van der Waals surface area contributed by atoms with Crippen LogP contribution in [0.1, 0.15) is 53.8 Å². The zero-order valence-electron chi connectivity index (χ0n) is 26.7. The fourth-order valence-electron chi connectivity index (χ4n) is 5.87. The van der Waals surface area contributed by atoms with Gasteiger partial charge in [-0.25, -0.2) is 19.6 Å². The molecule has 3 atom stereocenters. The predicted octanol–water partition coefficient (Wildman–Crippen LogP) is 4.36. The van der Waals surface area contributed by atoms with Gasteiger partial charge in [-0.1, -0.05) is 18.2 Å². The average molecular weight is 607 g/mol. The molecule has 1 saturated heterocycles. The van der Waals surface area contributed by atoms with Crippen LogP contribution in [-0.2, 0) is 20.8 Å². The van der Waals surface area contributed by atoms with Crippen molar-refractivity contribution in [3.63, 3.8) is 0 Å². The van der Waals surface area contributed by atoms with E-state index in [0.717, 1.165) is 16.6 Å². The van der Waals surface area contributed by atoms with Crippen LogP contribution in [0.15, 0.2) is 36.4 Å². The van der Waals surface area contributed by atoms with Crippen molar-refractivity contribution in [2.75, 3.05) is 25.0 Å². The number of carbonyl (C=O) groups excluding carboxylic acids is 3. The molecule has 3 aromatic rings. The Morgan fingerprint density at radius 1 is 0.909 bits per heavy atom. The lowest BCUT2D eigenvalue weighted by molar-refractivity contribution is -0.136. The predicted molar refractivity (Wildman–Crippen MR) is 165 cm³/mol. The number of ether oxygens (including phenoxy) is 2. The second-order valence-corrected chi connectivity index (χ2v) is 13.6. The van der Waals surface area contributed by atoms with Gasteiger partial charge in [0.1, 0.15) is 28.9 Å². The van der Waals surface area contributed by atoms with Crippen molar-refractivity contribution < 1.29 is 29.0 Å². The molecule has 0 aliphatic carbocycles. The summed E-state index contributed by atoms with van der Waals surface area (Å²) in [6.07, 6.45) is -2.10. The number of aliphatic hydroxyl groups excluding tert-OH is 1. The number of aryl methyl sites for hydroxylation is 1. The number of nitrogens with zero attached hydrogens (tertiary/aromatic N) is 6. The van der Waals surface area contributed by atoms with Crippen LogP contribution in [0, 0.1) is 6.92 Å². The van der Waals surface area contributed by atoms with E-state index >= 15 is 0 Å². The van der Waals surface area contributed by atoms with Crippen LogP contribution in [0.4, 0.5) is 15.4 Å². The molecule has 0 spiro atoms. The number of pyridine rings is 1. The molecule has 12 nitrogen and oxygen atoms in total. The number of benzene rings is 1. The van der Waals surface area contributed by atoms with Gasteiger partial charge < -0.3 is 24.0 Å². The van der Waals surface area contributed by atoms with Gasteiger partial charge in [-0.15, -0.1) is 0 Å². The van der Waals surface area contributed by atoms with Crippen LogP contribution in [0.5, 0.6) is 0 Å². The van der Waals surface area contributed by atoms with E-state index in [2.05, 4.69) is 0 Å². The number of para-hydroxylation sites is 1. The zero-order valence-corrected chi connectivity index (χ0v) is 26.7. The molecule has 5 rings (SSSR count). The second-order valence-electron chi connectivity index (χ2n) is 13.6. The van der Waals surface area contributed by atoms with Crippen molar-refractivity contribution in [3.05, 3.63) is 42.2 Å². The summed E-state index contributed by atoms with van der Waals surface area (Å²) in [6.45, 7) is 12.7. The molecule has 1 N–H and O–H groups in total. The number of likely N-dealkylation sites (N-methyl/N-ethyl adjacent to an activating group) is 1. The monoisotopic (exact) mass is 606 g/mol. The first-order chi connectivity index (χ1) is 20.5. The summed E-state index contributed by atoms with van der Waals surface area (Å²) in [7, 11) is 1.60. The third-order valence-corrected chi connectivity index (χ3v) is 7.62. The van der Waals surface area contributed by atoms with E-state index in [1.165, 1.54) is 14.7 Å². The average Bonchev–Trinajstić information content (AvgIpc) is 3.47. The number of likely N-dealkylation sites (tertiary alicyclic amines) is 1. The van der Waals surface area contributed by atoms with Gasteiger partial charge in [0.15, 0.2) is 0 Å². The molecule has 0 saturated carbocycles. The highest BCUT2D eigenvalue weighted by molar-refractivity contribution is 5.94. The van der Waals surface area contributed by atoms with Gasteiger partial charge in [-0.2, -0.15) is 0 Å². The third kappa shape index (κ3) is 6.35. The maximum atomic E-state index is 14.0. The fourth-order valence-corrected chi connectivity index (χ4v) is 5.87. The minimum absolute atomic E-state index is 0.0191. The summed E-state index contributed by atoms with van der Waals surface area (Å²) >= 11 is 0. The molecule has 236 valence electrons. The van der Waals surface area contributed by atoms with Crippen molar-refractivity contribution in [3.8, 4) is 11.3 Å². The number of amides is 3. The maximum Gasteiger partial charge on any atom is 0.416 e. The number of hydrogen-bond donors (Lipinski definition) is 1. The molecular formula is C32H42N6O6. The zero-order chi connectivity index (χ0) is 32.1. The number of rotatable bonds is 0. The lowest BCUT2D eigenvalue weighted by atomic mass is 10.1. The SMILES string of the molecule is Cc1nc2cccc3c2n1C[C@H](O)CN(C)C(=O)[C@@H]1C[C@@H](CN1C(=O)OC(C)(C)C)N(C(=O)OC(C)(C)C)c1cccc-3n1. The van der Waals surface area contributed by atoms with Crippen LogP contribution < -0.4 is 4.90 Å². The van der Waals surface area contributed by atoms with Crippen LogP contribution in [0.3, 0.4) is 0 Å². The Kier molecular flexibility index (Phi) is 8.08. The van der Waals surface area contributed by atoms with Gasteiger partial charge in [0, 0.05) is 25.7 Å². The van der Waals surface area contributed by atoms with Crippen LogP contribution in [0.25, 0.3) is 22.3 Å². The van der Waals surface area contributed by atoms with Gasteiger partial charge in [-0.05, 0) is 73.1 Å². The van der Waals surface area contributed by atoms with Gasteiger partial charge >= 0.3 is 12.2 Å². The van der Waals surface area contributed by atoms with Crippen LogP contribution in [-0.4, -0.2) is 97.1 Å². The largest absolute Gasteiger partial charge is 0.444 e. The van der Waals surface area contributed by atoms with Gasteiger partial charge in [0.25, 0.3) is 0 Å². The number of fused-ring (bicyclic) bond motifs is 5. The van der Waals surface area contributed by atoms with Crippen molar-refractivity contribution in [1.82, 2.24) is 24.3 Å². The van der Waals surface area contributed by atoms with E-state index < -0.39 is 41.6 Å². The van der Waals surface area contributed by atoms with Crippen molar-refractivity contribution in [1.29, 1.82) is 0 Å². The molecular weight excluding hydrogens is 564 g/mol. The van der Waals surface area contributed by atoms with Crippen LogP contribution >= 0.6 is 0 Å². The molecule has 2 aromatic heterocycles. The summed E-state index contributed by atoms with van der Waals surface area (Å²) in [5, 5.41) is 11.2. The molecule has 2 aliphatic heterocycles. The fraction of sp³-hybridized carbons (Fsp3) is 0.531. The minimum atomic E-state index is -0.941. The van der Waals surface area contributed by atoms with E-state index in [1.807, 2.05) is 41.8 Å². The third-order valence-electron chi connectivity index (χ3n) is 7.62. The Labute approximate surface area is 257 Å². The molecule has 44 heavy (non-hydrogen) atoms. The summed E-state index contributed by atoms with van der Waals surface area (Å²) in [5.74, 6) is 0.652. The first-order valence-electron chi connectivity index (χ1n) is 14.9. The van der Waals surface area contributed by atoms with Gasteiger partial charge in [0.05, 0.1) is 35.4 Å². The van der Waals surface area contributed by atoms with Gasteiger partial charge in [-0.3, -0.25) is 14.6 Å². The topological polar surface area (TPSA) is 130 Å². The summed E-state index contributed by atoms with van der Waals surface area (Å²) in [6, 6.07) is 9.52. The molecule has 12 heteroatoms. The number of aliphatic hydroxyl groups is 1. The molecule has 1 fully saturated rings. The van der Waals surface area contributed by atoms with Gasteiger partial charge in [0.2, 0.25) is 5.91 Å². The van der Waals surface area contributed by atoms with Crippen LogP contribution in [0.2, 0.25) is 0 Å². The Bertz CT molecular complexity index is 1590. The number of hydrogen-bond acceptors (Lipinski definition) is 8. The molecule has 4 heterocycles. The Morgan fingerprint density at radius 2 is 1.57 bits per heavy atom. The highest BCUT2D eigenvalue weighted by Gasteiger charge is 2.47. The molecule has 4 bridgehead atoms. The Morgan fingerprint density at radius 3 is 2.25 bits per heavy atom. The lowest BCUT2D eigenvalue weighted by Crippen LogP contribution is -2.49. The van der Waals surface area contributed by atoms with Crippen molar-refractivity contribution >= 4 is 34.9 Å². The molecule has 1 aromatic carbocycles. The number of anilines is 1. The second kappa shape index (κ2) is 11.4. The lowest BCUT2D eigenvalue weighted by Gasteiger charge is -2.31. The summed E-state index contributed by atoms with van der Waals surface area (Å²) < 4.78 is 13.4. The quantitative estimate of drug-likeness (QED) is 0.400. The van der Waals surface area contributed by atoms with Crippen molar-refractivity contribution in [2.45, 2.75) is 90.8 Å². The summed E-state index contributed by atoms with van der Waals surface area (Å²) in [5.41, 5.74) is 1.29. The number of aromatic nitrogens is 3. The van der Waals surface area contributed by atoms with E-state index in [0.29, 0.717) is 17.3 Å². The maximum absolute atomic E-state index is 14.0. The molecule has 2 aliphatic rings. The first kappa shape index (κ1) is 31.2. The number of carbonyl (C=O) groups is 3. The van der Waals surface area contributed by atoms with Crippen molar-refractivity contribution in [2.24, 2.45) is 0 Å². The number of β-amino-alcohol motifs (C(OH)–C–C–N with tert-alkyl or cyclic N) is 1.